The minimum absolute atomic E-state index is 0.0458. The van der Waals surface area contributed by atoms with Gasteiger partial charge in [0, 0.05) is 36.8 Å². The number of non-ortho nitro benzene ring substituents is 1. The van der Waals surface area contributed by atoms with Gasteiger partial charge in [-0.1, -0.05) is 6.92 Å². The molecule has 0 saturated carbocycles. The van der Waals surface area contributed by atoms with E-state index < -0.39 is 16.8 Å². The van der Waals surface area contributed by atoms with E-state index in [2.05, 4.69) is 5.32 Å². The van der Waals surface area contributed by atoms with Crippen molar-refractivity contribution in [1.82, 2.24) is 10.2 Å². The average Bonchev–Trinajstić information content (AvgIpc) is 2.71. The molecule has 0 bridgehead atoms. The number of nitrogens with zero attached hydrogens (tertiary/aromatic N) is 2. The molecule has 2 rings (SSSR count). The molecule has 1 atom stereocenters. The summed E-state index contributed by atoms with van der Waals surface area (Å²) in [6.07, 6.45) is 3.86. The summed E-state index contributed by atoms with van der Waals surface area (Å²) < 4.78 is 5.02. The quantitative estimate of drug-likeness (QED) is 0.411. The van der Waals surface area contributed by atoms with Crippen molar-refractivity contribution in [3.8, 4) is 0 Å². The monoisotopic (exact) mass is 391 g/mol. The maximum Gasteiger partial charge on any atom is 0.308 e. The van der Waals surface area contributed by atoms with Gasteiger partial charge in [-0.3, -0.25) is 24.5 Å². The molecule has 1 saturated heterocycles. The van der Waals surface area contributed by atoms with Crippen molar-refractivity contribution in [3.63, 3.8) is 0 Å². The van der Waals surface area contributed by atoms with E-state index in [4.69, 9.17) is 4.74 Å². The molecule has 1 aromatic rings. The molecule has 0 radical (unpaired) electrons. The van der Waals surface area contributed by atoms with Crippen LogP contribution in [-0.2, 0) is 14.3 Å². The standard InChI is InChI=1S/C19H25N3O6/c1-2-15-5-3-4-12-21(15)17(23)13-28-18(24)10-11-20-19(25)14-6-8-16(9-7-14)22(26)27/h6-9,15H,2-5,10-13H2,1H3,(H,20,25)/t15-/m1/s1. The normalized spacial score (nSPS) is 16.3. The van der Waals surface area contributed by atoms with Crippen LogP contribution >= 0.6 is 0 Å². The number of piperidine rings is 1. The van der Waals surface area contributed by atoms with Crippen LogP contribution in [0.3, 0.4) is 0 Å². The molecule has 0 aliphatic carbocycles. The third kappa shape index (κ3) is 6.04. The van der Waals surface area contributed by atoms with Crippen molar-refractivity contribution >= 4 is 23.5 Å². The number of nitrogens with one attached hydrogen (secondary N) is 1. The third-order valence-corrected chi connectivity index (χ3v) is 4.73. The van der Waals surface area contributed by atoms with Crippen molar-refractivity contribution in [3.05, 3.63) is 39.9 Å². The first-order chi connectivity index (χ1) is 13.4. The maximum absolute atomic E-state index is 12.2. The number of benzene rings is 1. The summed E-state index contributed by atoms with van der Waals surface area (Å²) in [5, 5.41) is 13.1. The number of amides is 2. The molecule has 0 aromatic heterocycles. The second-order valence-corrected chi connectivity index (χ2v) is 6.62. The molecule has 0 spiro atoms. The Balaban J connectivity index is 1.70. The Kier molecular flexibility index (Phi) is 7.91. The van der Waals surface area contributed by atoms with Crippen LogP contribution in [0.2, 0.25) is 0 Å². The lowest BCUT2D eigenvalue weighted by Crippen LogP contribution is -2.45. The SMILES string of the molecule is CC[C@@H]1CCCCN1C(=O)COC(=O)CCNC(=O)c1ccc([N+](=O)[O-])cc1. The van der Waals surface area contributed by atoms with E-state index in [1.165, 1.54) is 24.3 Å². The lowest BCUT2D eigenvalue weighted by molar-refractivity contribution is -0.384. The summed E-state index contributed by atoms with van der Waals surface area (Å²) in [6, 6.07) is 5.36. The third-order valence-electron chi connectivity index (χ3n) is 4.73. The number of hydrogen-bond donors (Lipinski definition) is 1. The molecule has 1 aliphatic heterocycles. The van der Waals surface area contributed by atoms with Crippen molar-refractivity contribution in [2.24, 2.45) is 0 Å². The molecular weight excluding hydrogens is 366 g/mol. The van der Waals surface area contributed by atoms with Crippen LogP contribution in [0.25, 0.3) is 0 Å². The predicted octanol–water partition coefficient (Wildman–Crippen LogP) is 2.05. The van der Waals surface area contributed by atoms with Crippen LogP contribution in [0.5, 0.6) is 0 Å². The fourth-order valence-corrected chi connectivity index (χ4v) is 3.17. The number of carbonyl (C=O) groups excluding carboxylic acids is 3. The van der Waals surface area contributed by atoms with E-state index in [0.29, 0.717) is 6.54 Å². The zero-order chi connectivity index (χ0) is 20.5. The summed E-state index contributed by atoms with van der Waals surface area (Å²) >= 11 is 0. The van der Waals surface area contributed by atoms with Crippen LogP contribution in [0.1, 0.15) is 49.4 Å². The van der Waals surface area contributed by atoms with Gasteiger partial charge < -0.3 is 15.0 Å². The van der Waals surface area contributed by atoms with Gasteiger partial charge in [-0.2, -0.15) is 0 Å². The molecule has 9 heteroatoms. The van der Waals surface area contributed by atoms with Gasteiger partial charge in [0.1, 0.15) is 0 Å². The van der Waals surface area contributed by atoms with Crippen molar-refractivity contribution in [2.45, 2.75) is 45.1 Å². The number of nitro benzene ring substituents is 1. The molecule has 1 fully saturated rings. The highest BCUT2D eigenvalue weighted by atomic mass is 16.6. The Morgan fingerprint density at radius 2 is 1.96 bits per heavy atom. The van der Waals surface area contributed by atoms with Gasteiger partial charge in [-0.05, 0) is 37.8 Å². The number of ether oxygens (including phenoxy) is 1. The van der Waals surface area contributed by atoms with E-state index in [0.717, 1.165) is 25.7 Å². The summed E-state index contributed by atoms with van der Waals surface area (Å²) in [7, 11) is 0. The van der Waals surface area contributed by atoms with Crippen LogP contribution in [-0.4, -0.2) is 53.3 Å². The van der Waals surface area contributed by atoms with Gasteiger partial charge in [0.2, 0.25) is 0 Å². The molecule has 2 amide bonds. The van der Waals surface area contributed by atoms with E-state index in [1.807, 2.05) is 6.92 Å². The second-order valence-electron chi connectivity index (χ2n) is 6.62. The van der Waals surface area contributed by atoms with Gasteiger partial charge in [-0.25, -0.2) is 0 Å². The molecule has 1 N–H and O–H groups in total. The van der Waals surface area contributed by atoms with Crippen LogP contribution in [0.15, 0.2) is 24.3 Å². The first-order valence-electron chi connectivity index (χ1n) is 9.40. The number of carbonyl (C=O) groups is 3. The first-order valence-corrected chi connectivity index (χ1v) is 9.40. The molecule has 1 aliphatic rings. The topological polar surface area (TPSA) is 119 Å². The van der Waals surface area contributed by atoms with E-state index in [9.17, 15) is 24.5 Å². The first kappa shape index (κ1) is 21.3. The largest absolute Gasteiger partial charge is 0.456 e. The highest BCUT2D eigenvalue weighted by Gasteiger charge is 2.25. The molecule has 9 nitrogen and oxygen atoms in total. The summed E-state index contributed by atoms with van der Waals surface area (Å²) in [5.74, 6) is -1.20. The van der Waals surface area contributed by atoms with Crippen molar-refractivity contribution in [1.29, 1.82) is 0 Å². The predicted molar refractivity (Wildman–Crippen MR) is 101 cm³/mol. The van der Waals surface area contributed by atoms with Gasteiger partial charge in [-0.15, -0.1) is 0 Å². The second kappa shape index (κ2) is 10.4. The van der Waals surface area contributed by atoms with Crippen LogP contribution < -0.4 is 5.32 Å². The zero-order valence-corrected chi connectivity index (χ0v) is 15.9. The van der Waals surface area contributed by atoms with Crippen LogP contribution in [0, 0.1) is 10.1 Å². The Labute approximate surface area is 163 Å². The Bertz CT molecular complexity index is 719. The maximum atomic E-state index is 12.2. The lowest BCUT2D eigenvalue weighted by Gasteiger charge is -2.35. The fraction of sp³-hybridized carbons (Fsp3) is 0.526. The average molecular weight is 391 g/mol. The summed E-state index contributed by atoms with van der Waals surface area (Å²) in [6.45, 7) is 2.49. The summed E-state index contributed by atoms with van der Waals surface area (Å²) in [5.41, 5.74) is 0.147. The van der Waals surface area contributed by atoms with E-state index in [1.54, 1.807) is 4.90 Å². The van der Waals surface area contributed by atoms with Gasteiger partial charge in [0.25, 0.3) is 17.5 Å². The lowest BCUT2D eigenvalue weighted by atomic mass is 10.00. The van der Waals surface area contributed by atoms with Gasteiger partial charge >= 0.3 is 5.97 Å². The van der Waals surface area contributed by atoms with E-state index >= 15 is 0 Å². The van der Waals surface area contributed by atoms with Crippen molar-refractivity contribution < 1.29 is 24.0 Å². The van der Waals surface area contributed by atoms with Gasteiger partial charge in [0.15, 0.2) is 6.61 Å². The number of likely N-dealkylation sites (tertiary alicyclic amines) is 1. The van der Waals surface area contributed by atoms with Gasteiger partial charge in [0.05, 0.1) is 11.3 Å². The minimum atomic E-state index is -0.567. The Hall–Kier alpha value is -2.97. The highest BCUT2D eigenvalue weighted by molar-refractivity contribution is 5.94. The molecule has 1 aromatic carbocycles. The molecule has 152 valence electrons. The number of hydrogen-bond acceptors (Lipinski definition) is 6. The molecule has 28 heavy (non-hydrogen) atoms. The smallest absolute Gasteiger partial charge is 0.308 e. The minimum Gasteiger partial charge on any atom is -0.456 e. The molecular formula is C19H25N3O6. The number of esters is 1. The molecule has 1 heterocycles. The van der Waals surface area contributed by atoms with Crippen LogP contribution in [0.4, 0.5) is 5.69 Å². The number of rotatable bonds is 8. The van der Waals surface area contributed by atoms with Crippen molar-refractivity contribution in [2.75, 3.05) is 19.7 Å². The molecule has 0 unspecified atom stereocenters. The Morgan fingerprint density at radius 1 is 1.25 bits per heavy atom. The number of nitro groups is 1. The highest BCUT2D eigenvalue weighted by Crippen LogP contribution is 2.19. The Morgan fingerprint density at radius 3 is 2.61 bits per heavy atom. The fourth-order valence-electron chi connectivity index (χ4n) is 3.17. The summed E-state index contributed by atoms with van der Waals surface area (Å²) in [4.78, 5) is 47.8. The zero-order valence-electron chi connectivity index (χ0n) is 15.9. The van der Waals surface area contributed by atoms with E-state index in [-0.39, 0.29) is 42.8 Å².